The number of ketones is 1. The molecule has 0 bridgehead atoms. The summed E-state index contributed by atoms with van der Waals surface area (Å²) in [7, 11) is 1.50. The van der Waals surface area contributed by atoms with Crippen LogP contribution in [0.1, 0.15) is 35.7 Å². The first kappa shape index (κ1) is 22.0. The monoisotopic (exact) mass is 425 g/mol. The van der Waals surface area contributed by atoms with Crippen molar-refractivity contribution in [2.24, 2.45) is 0 Å². The van der Waals surface area contributed by atoms with Crippen LogP contribution in [0.5, 0.6) is 11.5 Å². The molecule has 0 spiro atoms. The van der Waals surface area contributed by atoms with Gasteiger partial charge in [-0.25, -0.2) is 9.37 Å². The number of hydrogen-bond acceptors (Lipinski definition) is 5. The van der Waals surface area contributed by atoms with Crippen molar-refractivity contribution in [2.75, 3.05) is 13.7 Å². The fraction of sp³-hybridized carbons (Fsp3) is 0.261. The van der Waals surface area contributed by atoms with Gasteiger partial charge in [0.1, 0.15) is 5.82 Å². The molecule has 0 saturated heterocycles. The van der Waals surface area contributed by atoms with E-state index >= 15 is 0 Å². The molecule has 1 N–H and O–H groups in total. The number of carbonyl (C=O) groups is 2. The molecule has 1 heterocycles. The molecule has 8 heteroatoms. The number of carbonyl (C=O) groups excluding carboxylic acids is 2. The summed E-state index contributed by atoms with van der Waals surface area (Å²) in [5.74, 6) is 0.391. The second kappa shape index (κ2) is 10.4. The standard InChI is InChI=1S/C23H24FN3O4/c1-16(28)18-6-8-21(22(13-18)30-2)31-11-3-4-23(29)26-14-17-5-7-20(19(24)12-17)27-10-9-25-15-27/h5-10,12-13,15H,3-4,11,14H2,1-2H3,(H,26,29). The molecule has 0 unspecified atom stereocenters. The molecule has 0 atom stereocenters. The molecule has 2 aromatic carbocycles. The average molecular weight is 425 g/mol. The van der Waals surface area contributed by atoms with Crippen molar-refractivity contribution < 1.29 is 23.5 Å². The van der Waals surface area contributed by atoms with Gasteiger partial charge in [0.05, 0.1) is 25.7 Å². The summed E-state index contributed by atoms with van der Waals surface area (Å²) in [6.45, 7) is 2.04. The SMILES string of the molecule is COc1cc(C(C)=O)ccc1OCCCC(=O)NCc1ccc(-n2ccnc2)c(F)c1. The van der Waals surface area contributed by atoms with E-state index in [1.54, 1.807) is 47.3 Å². The van der Waals surface area contributed by atoms with Crippen LogP contribution in [0.2, 0.25) is 0 Å². The highest BCUT2D eigenvalue weighted by atomic mass is 19.1. The van der Waals surface area contributed by atoms with Gasteiger partial charge in [0, 0.05) is 30.9 Å². The zero-order chi connectivity index (χ0) is 22.2. The lowest BCUT2D eigenvalue weighted by Gasteiger charge is -2.12. The van der Waals surface area contributed by atoms with Gasteiger partial charge in [0.15, 0.2) is 17.3 Å². The minimum atomic E-state index is -0.386. The normalized spacial score (nSPS) is 10.5. The molecule has 7 nitrogen and oxygen atoms in total. The lowest BCUT2D eigenvalue weighted by atomic mass is 10.1. The number of rotatable bonds is 10. The maximum absolute atomic E-state index is 14.3. The number of halogens is 1. The molecule has 31 heavy (non-hydrogen) atoms. The summed E-state index contributed by atoms with van der Waals surface area (Å²) in [6.07, 6.45) is 5.53. The minimum absolute atomic E-state index is 0.0576. The van der Waals surface area contributed by atoms with Crippen LogP contribution in [0.3, 0.4) is 0 Å². The summed E-state index contributed by atoms with van der Waals surface area (Å²) in [4.78, 5) is 27.4. The molecule has 0 aliphatic heterocycles. The summed E-state index contributed by atoms with van der Waals surface area (Å²) >= 11 is 0. The molecule has 1 aromatic heterocycles. The molecular formula is C23H24FN3O4. The van der Waals surface area contributed by atoms with Crippen LogP contribution < -0.4 is 14.8 Å². The first-order valence-electron chi connectivity index (χ1n) is 9.83. The number of Topliss-reactive ketones (excluding diaryl/α,β-unsaturated/α-hetero) is 1. The van der Waals surface area contributed by atoms with E-state index in [-0.39, 0.29) is 30.5 Å². The Kier molecular flexibility index (Phi) is 7.37. The third-order valence-corrected chi connectivity index (χ3v) is 4.66. The Morgan fingerprint density at radius 3 is 2.68 bits per heavy atom. The van der Waals surface area contributed by atoms with E-state index in [4.69, 9.17) is 9.47 Å². The van der Waals surface area contributed by atoms with Gasteiger partial charge >= 0.3 is 0 Å². The number of nitrogens with zero attached hydrogens (tertiary/aromatic N) is 2. The predicted octanol–water partition coefficient (Wildman–Crippen LogP) is 3.70. The van der Waals surface area contributed by atoms with Crippen molar-refractivity contribution in [2.45, 2.75) is 26.3 Å². The molecule has 0 aliphatic carbocycles. The molecular weight excluding hydrogens is 401 g/mol. The van der Waals surface area contributed by atoms with Crippen LogP contribution in [0, 0.1) is 5.82 Å². The average Bonchev–Trinajstić information content (AvgIpc) is 3.29. The highest BCUT2D eigenvalue weighted by molar-refractivity contribution is 5.94. The number of aromatic nitrogens is 2. The van der Waals surface area contributed by atoms with Crippen molar-refractivity contribution in [3.63, 3.8) is 0 Å². The first-order valence-corrected chi connectivity index (χ1v) is 9.83. The van der Waals surface area contributed by atoms with Crippen LogP contribution in [0.25, 0.3) is 5.69 Å². The predicted molar refractivity (Wildman–Crippen MR) is 113 cm³/mol. The molecule has 3 aromatic rings. The van der Waals surface area contributed by atoms with Crippen LogP contribution in [-0.2, 0) is 11.3 Å². The number of imidazole rings is 1. The first-order chi connectivity index (χ1) is 15.0. The Hall–Kier alpha value is -3.68. The van der Waals surface area contributed by atoms with E-state index in [0.717, 1.165) is 0 Å². The van der Waals surface area contributed by atoms with Crippen molar-refractivity contribution in [1.29, 1.82) is 0 Å². The molecule has 0 aliphatic rings. The Bertz CT molecular complexity index is 1050. The molecule has 162 valence electrons. The zero-order valence-corrected chi connectivity index (χ0v) is 17.4. The Morgan fingerprint density at radius 1 is 1.16 bits per heavy atom. The second-order valence-corrected chi connectivity index (χ2v) is 6.91. The quantitative estimate of drug-likeness (QED) is 0.396. The maximum Gasteiger partial charge on any atom is 0.220 e. The van der Waals surface area contributed by atoms with Gasteiger partial charge in [0.25, 0.3) is 0 Å². The Morgan fingerprint density at radius 2 is 2.00 bits per heavy atom. The summed E-state index contributed by atoms with van der Waals surface area (Å²) < 4.78 is 26.8. The number of ether oxygens (including phenoxy) is 2. The van der Waals surface area contributed by atoms with E-state index in [1.165, 1.54) is 26.4 Å². The fourth-order valence-electron chi connectivity index (χ4n) is 2.98. The van der Waals surface area contributed by atoms with E-state index in [9.17, 15) is 14.0 Å². The van der Waals surface area contributed by atoms with E-state index < -0.39 is 0 Å². The fourth-order valence-corrected chi connectivity index (χ4v) is 2.98. The molecule has 0 fully saturated rings. The number of methoxy groups -OCH3 is 1. The van der Waals surface area contributed by atoms with Crippen molar-refractivity contribution in [3.8, 4) is 17.2 Å². The van der Waals surface area contributed by atoms with Gasteiger partial charge in [-0.1, -0.05) is 6.07 Å². The van der Waals surface area contributed by atoms with E-state index in [1.807, 2.05) is 0 Å². The third kappa shape index (κ3) is 5.91. The number of benzene rings is 2. The lowest BCUT2D eigenvalue weighted by Crippen LogP contribution is -2.23. The van der Waals surface area contributed by atoms with E-state index in [0.29, 0.717) is 41.3 Å². The van der Waals surface area contributed by atoms with Crippen LogP contribution in [-0.4, -0.2) is 35.0 Å². The van der Waals surface area contributed by atoms with Crippen molar-refractivity contribution in [1.82, 2.24) is 14.9 Å². The zero-order valence-electron chi connectivity index (χ0n) is 17.4. The second-order valence-electron chi connectivity index (χ2n) is 6.91. The van der Waals surface area contributed by atoms with Crippen molar-refractivity contribution in [3.05, 3.63) is 72.1 Å². The highest BCUT2D eigenvalue weighted by Gasteiger charge is 2.10. The highest BCUT2D eigenvalue weighted by Crippen LogP contribution is 2.28. The summed E-state index contributed by atoms with van der Waals surface area (Å²) in [5.41, 5.74) is 1.61. The molecule has 1 amide bonds. The largest absolute Gasteiger partial charge is 0.493 e. The van der Waals surface area contributed by atoms with Crippen molar-refractivity contribution >= 4 is 11.7 Å². The minimum Gasteiger partial charge on any atom is -0.493 e. The molecule has 3 rings (SSSR count). The summed E-state index contributed by atoms with van der Waals surface area (Å²) in [6, 6.07) is 9.79. The summed E-state index contributed by atoms with van der Waals surface area (Å²) in [5, 5.41) is 2.78. The van der Waals surface area contributed by atoms with Gasteiger partial charge in [-0.2, -0.15) is 0 Å². The van der Waals surface area contributed by atoms with Crippen LogP contribution in [0.4, 0.5) is 4.39 Å². The van der Waals surface area contributed by atoms with E-state index in [2.05, 4.69) is 10.3 Å². The van der Waals surface area contributed by atoms with Gasteiger partial charge in [-0.05, 0) is 49.2 Å². The third-order valence-electron chi connectivity index (χ3n) is 4.66. The number of nitrogens with one attached hydrogen (secondary N) is 1. The Balaban J connectivity index is 1.43. The molecule has 0 saturated carbocycles. The topological polar surface area (TPSA) is 82.5 Å². The number of amides is 1. The van der Waals surface area contributed by atoms with Gasteiger partial charge in [-0.3, -0.25) is 9.59 Å². The number of hydrogen-bond donors (Lipinski definition) is 1. The smallest absolute Gasteiger partial charge is 0.220 e. The Labute approximate surface area is 179 Å². The maximum atomic E-state index is 14.3. The van der Waals surface area contributed by atoms with Gasteiger partial charge in [-0.15, -0.1) is 0 Å². The molecule has 0 radical (unpaired) electrons. The van der Waals surface area contributed by atoms with Crippen LogP contribution in [0.15, 0.2) is 55.1 Å². The van der Waals surface area contributed by atoms with Gasteiger partial charge in [0.2, 0.25) is 5.91 Å². The van der Waals surface area contributed by atoms with Crippen LogP contribution >= 0.6 is 0 Å². The van der Waals surface area contributed by atoms with Gasteiger partial charge < -0.3 is 19.4 Å². The lowest BCUT2D eigenvalue weighted by molar-refractivity contribution is -0.121.